The fraction of sp³-hybridized carbons (Fsp3) is 0. The van der Waals surface area contributed by atoms with E-state index < -0.39 is 0 Å². The average molecular weight is 375 g/mol. The van der Waals surface area contributed by atoms with E-state index in [1.165, 1.54) is 11.3 Å². The van der Waals surface area contributed by atoms with Crippen molar-refractivity contribution in [3.8, 4) is 6.07 Å². The predicted octanol–water partition coefficient (Wildman–Crippen LogP) is 5.30. The maximum atomic E-state index is 8.81. The highest BCUT2D eigenvalue weighted by atomic mass is 79.9. The normalized spacial score (nSPS) is 10.1. The molecule has 1 aromatic heterocycles. The predicted molar refractivity (Wildman–Crippen MR) is 75.0 cm³/mol. The van der Waals surface area contributed by atoms with Gasteiger partial charge in [0.15, 0.2) is 0 Å². The summed E-state index contributed by atoms with van der Waals surface area (Å²) in [5.74, 6) is 0. The molecule has 0 fully saturated rings. The van der Waals surface area contributed by atoms with Crippen LogP contribution in [-0.4, -0.2) is 0 Å². The molecule has 16 heavy (non-hydrogen) atoms. The molecule has 2 aromatic rings. The van der Waals surface area contributed by atoms with Crippen LogP contribution in [0.4, 0.5) is 0 Å². The number of halogens is 2. The average Bonchev–Trinajstić information content (AvgIpc) is 2.60. The molecular formula is C11H5Br2NS2. The van der Waals surface area contributed by atoms with E-state index >= 15 is 0 Å². The van der Waals surface area contributed by atoms with Crippen molar-refractivity contribution in [1.29, 1.82) is 5.26 Å². The Morgan fingerprint density at radius 1 is 1.25 bits per heavy atom. The van der Waals surface area contributed by atoms with Gasteiger partial charge in [-0.25, -0.2) is 0 Å². The largest absolute Gasteiger partial charge is 0.192 e. The summed E-state index contributed by atoms with van der Waals surface area (Å²) in [5.41, 5.74) is 0. The van der Waals surface area contributed by atoms with E-state index in [2.05, 4.69) is 44.0 Å². The summed E-state index contributed by atoms with van der Waals surface area (Å²) >= 11 is 10.0. The Morgan fingerprint density at radius 2 is 2.06 bits per heavy atom. The highest BCUT2D eigenvalue weighted by Crippen LogP contribution is 2.39. The van der Waals surface area contributed by atoms with Gasteiger partial charge in [0.05, 0.1) is 3.79 Å². The summed E-state index contributed by atoms with van der Waals surface area (Å²) < 4.78 is 2.07. The monoisotopic (exact) mass is 373 g/mol. The molecule has 0 spiro atoms. The van der Waals surface area contributed by atoms with E-state index in [4.69, 9.17) is 5.26 Å². The number of hydrogen-bond acceptors (Lipinski definition) is 3. The standard InChI is InChI=1S/C11H5Br2NS2/c12-7-2-1-3-8(4-7)15-10-5-9(6-14)16-11(10)13/h1-5H. The van der Waals surface area contributed by atoms with Gasteiger partial charge in [0.25, 0.3) is 0 Å². The van der Waals surface area contributed by atoms with Crippen molar-refractivity contribution < 1.29 is 0 Å². The number of thiophene rings is 1. The highest BCUT2D eigenvalue weighted by Gasteiger charge is 2.08. The topological polar surface area (TPSA) is 23.8 Å². The zero-order valence-corrected chi connectivity index (χ0v) is 12.7. The number of nitriles is 1. The lowest BCUT2D eigenvalue weighted by Gasteiger charge is -1.99. The summed E-state index contributed by atoms with van der Waals surface area (Å²) in [6.45, 7) is 0. The summed E-state index contributed by atoms with van der Waals surface area (Å²) in [4.78, 5) is 2.96. The quantitative estimate of drug-likeness (QED) is 0.712. The SMILES string of the molecule is N#Cc1cc(Sc2cccc(Br)c2)c(Br)s1. The Bertz CT molecular complexity index is 557. The van der Waals surface area contributed by atoms with Gasteiger partial charge in [-0.1, -0.05) is 33.8 Å². The third-order valence-corrected chi connectivity index (χ3v) is 5.45. The molecule has 80 valence electrons. The second-order valence-corrected chi connectivity index (χ2v) is 7.32. The Hall–Kier alpha value is -0.280. The van der Waals surface area contributed by atoms with Gasteiger partial charge >= 0.3 is 0 Å². The van der Waals surface area contributed by atoms with Crippen LogP contribution in [0.15, 0.2) is 48.4 Å². The number of hydrogen-bond donors (Lipinski definition) is 0. The van der Waals surface area contributed by atoms with E-state index in [9.17, 15) is 0 Å². The Balaban J connectivity index is 2.27. The van der Waals surface area contributed by atoms with Gasteiger partial charge in [-0.3, -0.25) is 0 Å². The van der Waals surface area contributed by atoms with Crippen LogP contribution in [0.25, 0.3) is 0 Å². The lowest BCUT2D eigenvalue weighted by Crippen LogP contribution is -1.71. The number of benzene rings is 1. The first kappa shape index (κ1) is 12.2. The second-order valence-electron chi connectivity index (χ2n) is 2.92. The van der Waals surface area contributed by atoms with Gasteiger partial charge in [-0.2, -0.15) is 5.26 Å². The van der Waals surface area contributed by atoms with Crippen molar-refractivity contribution in [3.05, 3.63) is 43.5 Å². The molecule has 0 amide bonds. The fourth-order valence-corrected chi connectivity index (χ4v) is 4.31. The first-order valence-corrected chi connectivity index (χ1v) is 7.54. The molecule has 1 nitrogen and oxygen atoms in total. The maximum absolute atomic E-state index is 8.81. The molecule has 0 bridgehead atoms. The van der Waals surface area contributed by atoms with Crippen LogP contribution in [0.5, 0.6) is 0 Å². The Kier molecular flexibility index (Phi) is 4.09. The molecule has 0 aliphatic rings. The maximum Gasteiger partial charge on any atom is 0.110 e. The van der Waals surface area contributed by atoms with Crippen molar-refractivity contribution in [1.82, 2.24) is 0 Å². The van der Waals surface area contributed by atoms with Gasteiger partial charge < -0.3 is 0 Å². The molecule has 0 aliphatic carbocycles. The molecule has 0 saturated heterocycles. The zero-order valence-electron chi connectivity index (χ0n) is 7.91. The van der Waals surface area contributed by atoms with Crippen LogP contribution in [0, 0.1) is 11.3 Å². The van der Waals surface area contributed by atoms with Crippen molar-refractivity contribution in [2.24, 2.45) is 0 Å². The van der Waals surface area contributed by atoms with Gasteiger partial charge in [0, 0.05) is 14.3 Å². The molecule has 5 heteroatoms. The van der Waals surface area contributed by atoms with Crippen LogP contribution in [0.1, 0.15) is 4.88 Å². The molecule has 0 N–H and O–H groups in total. The minimum Gasteiger partial charge on any atom is -0.192 e. The van der Waals surface area contributed by atoms with Gasteiger partial charge in [-0.05, 0) is 40.2 Å². The first-order valence-electron chi connectivity index (χ1n) is 4.32. The number of rotatable bonds is 2. The van der Waals surface area contributed by atoms with Crippen LogP contribution >= 0.6 is 55.0 Å². The van der Waals surface area contributed by atoms with Crippen molar-refractivity contribution in [3.63, 3.8) is 0 Å². The lowest BCUT2D eigenvalue weighted by molar-refractivity contribution is 1.41. The molecular weight excluding hydrogens is 370 g/mol. The molecule has 1 aromatic carbocycles. The summed E-state index contributed by atoms with van der Waals surface area (Å²) in [7, 11) is 0. The summed E-state index contributed by atoms with van der Waals surface area (Å²) in [6.07, 6.45) is 0. The fourth-order valence-electron chi connectivity index (χ4n) is 1.13. The zero-order chi connectivity index (χ0) is 11.5. The van der Waals surface area contributed by atoms with E-state index in [0.717, 1.165) is 22.9 Å². The Morgan fingerprint density at radius 3 is 2.69 bits per heavy atom. The van der Waals surface area contributed by atoms with E-state index in [1.54, 1.807) is 11.8 Å². The molecule has 0 unspecified atom stereocenters. The van der Waals surface area contributed by atoms with Crippen LogP contribution in [0.3, 0.4) is 0 Å². The molecule has 2 rings (SSSR count). The van der Waals surface area contributed by atoms with Crippen molar-refractivity contribution in [2.75, 3.05) is 0 Å². The Labute approximate surface area is 119 Å². The van der Waals surface area contributed by atoms with Crippen molar-refractivity contribution in [2.45, 2.75) is 9.79 Å². The minimum absolute atomic E-state index is 0.726. The van der Waals surface area contributed by atoms with Gasteiger partial charge in [0.2, 0.25) is 0 Å². The first-order chi connectivity index (χ1) is 7.69. The van der Waals surface area contributed by atoms with E-state index in [1.807, 2.05) is 24.3 Å². The molecule has 0 aliphatic heterocycles. The molecule has 0 radical (unpaired) electrons. The third-order valence-electron chi connectivity index (χ3n) is 1.79. The van der Waals surface area contributed by atoms with Crippen LogP contribution in [-0.2, 0) is 0 Å². The summed E-state index contributed by atoms with van der Waals surface area (Å²) in [5, 5.41) is 8.81. The smallest absolute Gasteiger partial charge is 0.110 e. The molecule has 0 atom stereocenters. The highest BCUT2D eigenvalue weighted by molar-refractivity contribution is 9.11. The third kappa shape index (κ3) is 2.89. The number of nitrogens with zero attached hydrogens (tertiary/aromatic N) is 1. The minimum atomic E-state index is 0.726. The van der Waals surface area contributed by atoms with Gasteiger partial charge in [-0.15, -0.1) is 11.3 Å². The van der Waals surface area contributed by atoms with Crippen LogP contribution < -0.4 is 0 Å². The van der Waals surface area contributed by atoms with E-state index in [0.29, 0.717) is 0 Å². The van der Waals surface area contributed by atoms with E-state index in [-0.39, 0.29) is 0 Å². The lowest BCUT2D eigenvalue weighted by atomic mass is 10.4. The van der Waals surface area contributed by atoms with Gasteiger partial charge in [0.1, 0.15) is 10.9 Å². The summed E-state index contributed by atoms with van der Waals surface area (Å²) in [6, 6.07) is 12.1. The molecule has 0 saturated carbocycles. The second kappa shape index (κ2) is 5.37. The van der Waals surface area contributed by atoms with Crippen molar-refractivity contribution >= 4 is 55.0 Å². The molecule has 1 heterocycles. The van der Waals surface area contributed by atoms with Crippen LogP contribution in [0.2, 0.25) is 0 Å².